The van der Waals surface area contributed by atoms with Gasteiger partial charge < -0.3 is 10.2 Å². The van der Waals surface area contributed by atoms with Crippen molar-refractivity contribution in [2.75, 3.05) is 0 Å². The van der Waals surface area contributed by atoms with Crippen LogP contribution in [0, 0.1) is 23.5 Å². The van der Waals surface area contributed by atoms with E-state index in [-0.39, 0.29) is 42.4 Å². The molecule has 5 aromatic carbocycles. The van der Waals surface area contributed by atoms with Gasteiger partial charge >= 0.3 is 12.4 Å². The lowest BCUT2D eigenvalue weighted by Crippen LogP contribution is -2.60. The number of aryl methyl sites for hydroxylation is 2. The van der Waals surface area contributed by atoms with Crippen molar-refractivity contribution in [3.05, 3.63) is 161 Å². The number of ketones is 1. The number of rotatable bonds is 5. The number of carbonyl (C=O) groups is 1. The highest BCUT2D eigenvalue weighted by Crippen LogP contribution is 2.60. The zero-order chi connectivity index (χ0) is 51.0. The van der Waals surface area contributed by atoms with Gasteiger partial charge in [-0.15, -0.1) is 0 Å². The fraction of sp³-hybridized carbons (Fsp3) is 0.386. The van der Waals surface area contributed by atoms with E-state index in [0.717, 1.165) is 62.6 Å². The van der Waals surface area contributed by atoms with Crippen LogP contribution in [0.15, 0.2) is 121 Å². The zero-order valence-electron chi connectivity index (χ0n) is 39.8. The highest BCUT2D eigenvalue weighted by Gasteiger charge is 2.66. The first-order valence-electron chi connectivity index (χ1n) is 24.7. The topological polar surface area (TPSA) is 93.2 Å². The molecule has 11 rings (SSSR count). The maximum atomic E-state index is 14.5. The van der Waals surface area contributed by atoms with Crippen LogP contribution in [0.3, 0.4) is 0 Å². The number of halogens is 8. The molecule has 2 fully saturated rings. The van der Waals surface area contributed by atoms with Crippen molar-refractivity contribution in [1.82, 2.24) is 19.6 Å². The predicted octanol–water partition coefficient (Wildman–Crippen LogP) is 13.4. The molecule has 0 saturated heterocycles. The Hall–Kier alpha value is -6.19. The van der Waals surface area contributed by atoms with Crippen LogP contribution in [-0.2, 0) is 28.5 Å². The van der Waals surface area contributed by atoms with E-state index in [1.54, 1.807) is 70.3 Å². The third kappa shape index (κ3) is 8.14. The number of hydrogen-bond acceptors (Lipinski definition) is 5. The first kappa shape index (κ1) is 49.4. The molecule has 0 amide bonds. The lowest BCUT2D eigenvalue weighted by Gasteiger charge is -2.51. The number of alkyl halides is 6. The van der Waals surface area contributed by atoms with Gasteiger partial charge in [-0.3, -0.25) is 4.79 Å². The smallest absolute Gasteiger partial charge is 0.376 e. The van der Waals surface area contributed by atoms with E-state index in [4.69, 9.17) is 0 Å². The molecule has 7 aromatic rings. The lowest BCUT2D eigenvalue weighted by molar-refractivity contribution is -0.263. The van der Waals surface area contributed by atoms with E-state index in [2.05, 4.69) is 22.3 Å². The van der Waals surface area contributed by atoms with Gasteiger partial charge in [0.25, 0.3) is 0 Å². The average Bonchev–Trinajstić information content (AvgIpc) is 3.88. The Morgan fingerprint density at radius 2 is 1.07 bits per heavy atom. The van der Waals surface area contributed by atoms with Crippen molar-refractivity contribution < 1.29 is 50.1 Å². The van der Waals surface area contributed by atoms with Gasteiger partial charge in [-0.05, 0) is 189 Å². The number of benzene rings is 5. The molecule has 2 aromatic heterocycles. The van der Waals surface area contributed by atoms with Crippen molar-refractivity contribution in [3.63, 3.8) is 0 Å². The summed E-state index contributed by atoms with van der Waals surface area (Å²) in [6.45, 7) is 3.95. The van der Waals surface area contributed by atoms with Gasteiger partial charge in [0, 0.05) is 28.0 Å². The van der Waals surface area contributed by atoms with Gasteiger partial charge in [0.15, 0.2) is 11.4 Å². The van der Waals surface area contributed by atoms with Crippen molar-refractivity contribution in [2.45, 2.75) is 125 Å². The second-order valence-corrected chi connectivity index (χ2v) is 20.4. The number of fused-ring (bicyclic) bond motifs is 8. The van der Waals surface area contributed by atoms with E-state index in [9.17, 15) is 50.1 Å². The standard InChI is InChI=1S/C32H30F4N2O.C25H24F4N2O2/c1-2-30-18-25(15-21-7-4-3-5-8-21)31(39,32(34,35)36)19-24(30)10-6-9-22-17-29-23(16-28(22)30)20-37-38(29)27-13-11-26(33)12-14-27;1-2-23-13-22(32)24(33,25(27,28)29)12-17(23)5-3-4-15-11-21-16(10-20(15)23)14-30-31(21)19-8-6-18(26)7-9-19/h3-5,7-8,11-17,20,24,39H,2,6,9-10,18-19H2,1H3;6-11,14,17,33H,2-5,12-13H2,1H3/b25-15+;/t24-,30-,31+;17-,23-,24+/m11/s1. The average molecular weight is 995 g/mol. The SMILES string of the molecule is CC[C@@]12C/C(=C\c3ccccc3)[C@](O)(C(F)(F)F)C[C@H]1CCCc1cc3c(cnn3-c3ccc(F)cc3)cc12.CC[C@@]12CC(=O)[C@](O)(C(F)(F)F)C[C@H]1CCCc1cc3c(cnn3-c3ccc(F)cc3)cc12. The van der Waals surface area contributed by atoms with Gasteiger partial charge in [0.2, 0.25) is 5.60 Å². The molecule has 376 valence electrons. The number of nitrogens with zero attached hydrogens (tertiary/aromatic N) is 4. The summed E-state index contributed by atoms with van der Waals surface area (Å²) in [4.78, 5) is 12.8. The van der Waals surface area contributed by atoms with Crippen molar-refractivity contribution in [1.29, 1.82) is 0 Å². The summed E-state index contributed by atoms with van der Waals surface area (Å²) in [5.74, 6) is -2.61. The molecule has 2 heterocycles. The first-order valence-corrected chi connectivity index (χ1v) is 24.7. The van der Waals surface area contributed by atoms with Crippen LogP contribution in [-0.4, -0.2) is 59.1 Å². The normalized spacial score (nSPS) is 27.0. The van der Waals surface area contributed by atoms with Gasteiger partial charge in [0.1, 0.15) is 11.6 Å². The Balaban J connectivity index is 0.000000168. The van der Waals surface area contributed by atoms with E-state index < -0.39 is 52.5 Å². The molecule has 0 spiro atoms. The molecular weight excluding hydrogens is 941 g/mol. The quantitative estimate of drug-likeness (QED) is 0.168. The van der Waals surface area contributed by atoms with Gasteiger partial charge in [-0.1, -0.05) is 50.3 Å². The maximum Gasteiger partial charge on any atom is 0.424 e. The molecule has 0 radical (unpaired) electrons. The van der Waals surface area contributed by atoms with Crippen molar-refractivity contribution in [2.24, 2.45) is 11.8 Å². The summed E-state index contributed by atoms with van der Waals surface area (Å²) in [6.07, 6.45) is -0.867. The number of Topliss-reactive ketones (excluding diaryl/α,β-unsaturated/α-hetero) is 1. The Morgan fingerprint density at radius 3 is 1.51 bits per heavy atom. The van der Waals surface area contributed by atoms with Crippen LogP contribution in [0.1, 0.15) is 106 Å². The summed E-state index contributed by atoms with van der Waals surface area (Å²) >= 11 is 0. The molecule has 7 nitrogen and oxygen atoms in total. The predicted molar refractivity (Wildman–Crippen MR) is 259 cm³/mol. The van der Waals surface area contributed by atoms with Crippen LogP contribution < -0.4 is 0 Å². The second-order valence-electron chi connectivity index (χ2n) is 20.4. The Labute approximate surface area is 411 Å². The molecular formula is C57H54F8N4O3. The van der Waals surface area contributed by atoms with Gasteiger partial charge in [-0.2, -0.15) is 36.5 Å². The molecule has 6 atom stereocenters. The number of hydrogen-bond donors (Lipinski definition) is 2. The van der Waals surface area contributed by atoms with Crippen LogP contribution in [0.25, 0.3) is 39.3 Å². The Kier molecular flexibility index (Phi) is 12.4. The molecule has 15 heteroatoms. The minimum Gasteiger partial charge on any atom is -0.376 e. The molecule has 4 aliphatic carbocycles. The van der Waals surface area contributed by atoms with Crippen LogP contribution in [0.5, 0.6) is 0 Å². The third-order valence-corrected chi connectivity index (χ3v) is 16.8. The van der Waals surface area contributed by atoms with E-state index >= 15 is 0 Å². The van der Waals surface area contributed by atoms with Crippen LogP contribution >= 0.6 is 0 Å². The zero-order valence-corrected chi connectivity index (χ0v) is 39.8. The van der Waals surface area contributed by atoms with Crippen LogP contribution in [0.2, 0.25) is 0 Å². The summed E-state index contributed by atoms with van der Waals surface area (Å²) in [6, 6.07) is 29.2. The first-order chi connectivity index (χ1) is 34.2. The van der Waals surface area contributed by atoms with Crippen LogP contribution in [0.4, 0.5) is 35.1 Å². The number of aromatic nitrogens is 4. The number of carbonyl (C=O) groups excluding carboxylic acids is 1. The maximum absolute atomic E-state index is 14.5. The monoisotopic (exact) mass is 994 g/mol. The van der Waals surface area contributed by atoms with E-state index in [0.29, 0.717) is 49.8 Å². The highest BCUT2D eigenvalue weighted by atomic mass is 19.4. The van der Waals surface area contributed by atoms with Crippen molar-refractivity contribution >= 4 is 33.7 Å². The van der Waals surface area contributed by atoms with Gasteiger partial charge in [-0.25, -0.2) is 18.1 Å². The molecule has 72 heavy (non-hydrogen) atoms. The summed E-state index contributed by atoms with van der Waals surface area (Å²) < 4.78 is 115. The molecule has 4 aliphatic rings. The molecule has 2 N–H and O–H groups in total. The van der Waals surface area contributed by atoms with E-state index in [1.807, 2.05) is 32.0 Å². The Morgan fingerprint density at radius 1 is 0.625 bits per heavy atom. The number of aliphatic hydroxyl groups is 2. The molecule has 2 saturated carbocycles. The Bertz CT molecular complexity index is 3200. The second kappa shape index (κ2) is 18.1. The van der Waals surface area contributed by atoms with Crippen molar-refractivity contribution in [3.8, 4) is 11.4 Å². The molecule has 0 bridgehead atoms. The highest BCUT2D eigenvalue weighted by molar-refractivity contribution is 5.91. The molecule has 0 aliphatic heterocycles. The summed E-state index contributed by atoms with van der Waals surface area (Å²) in [7, 11) is 0. The third-order valence-electron chi connectivity index (χ3n) is 16.8. The fourth-order valence-electron chi connectivity index (χ4n) is 12.9. The summed E-state index contributed by atoms with van der Waals surface area (Å²) in [5.41, 5.74) is 0.391. The largest absolute Gasteiger partial charge is 0.424 e. The fourth-order valence-corrected chi connectivity index (χ4v) is 12.9. The minimum atomic E-state index is -4.99. The summed E-state index contributed by atoms with van der Waals surface area (Å²) in [5, 5.41) is 32.4. The lowest BCUT2D eigenvalue weighted by atomic mass is 9.55. The molecule has 0 unspecified atom stereocenters. The van der Waals surface area contributed by atoms with Gasteiger partial charge in [0.05, 0.1) is 34.8 Å². The van der Waals surface area contributed by atoms with E-state index in [1.165, 1.54) is 30.3 Å². The minimum absolute atomic E-state index is 0.0225.